The zero-order valence-corrected chi connectivity index (χ0v) is 10.2. The van der Waals surface area contributed by atoms with E-state index in [4.69, 9.17) is 10.5 Å². The van der Waals surface area contributed by atoms with E-state index < -0.39 is 11.9 Å². The van der Waals surface area contributed by atoms with Gasteiger partial charge in [0.1, 0.15) is 0 Å². The lowest BCUT2D eigenvalue weighted by atomic mass is 10.0. The highest BCUT2D eigenvalue weighted by Gasteiger charge is 2.17. The molecule has 0 radical (unpaired) electrons. The lowest BCUT2D eigenvalue weighted by molar-refractivity contribution is -0.118. The van der Waals surface area contributed by atoms with E-state index in [2.05, 4.69) is 5.32 Å². The molecule has 1 amide bonds. The third-order valence-electron chi connectivity index (χ3n) is 2.44. The van der Waals surface area contributed by atoms with E-state index in [9.17, 15) is 9.18 Å². The molecule has 1 aromatic rings. The van der Waals surface area contributed by atoms with Gasteiger partial charge in [0.05, 0.1) is 13.2 Å². The molecule has 0 aliphatic rings. The third kappa shape index (κ3) is 3.42. The Balaban J connectivity index is 2.78. The first-order chi connectivity index (χ1) is 7.95. The first-order valence-corrected chi connectivity index (χ1v) is 5.35. The number of halogens is 1. The van der Waals surface area contributed by atoms with Crippen LogP contribution in [0.2, 0.25) is 0 Å². The topological polar surface area (TPSA) is 64.3 Å². The normalized spacial score (nSPS) is 12.4. The van der Waals surface area contributed by atoms with Gasteiger partial charge in [-0.1, -0.05) is 13.8 Å². The Morgan fingerprint density at radius 1 is 1.47 bits per heavy atom. The van der Waals surface area contributed by atoms with Crippen molar-refractivity contribution in [1.82, 2.24) is 0 Å². The number of carbonyl (C=O) groups excluding carboxylic acids is 1. The van der Waals surface area contributed by atoms with Crippen molar-refractivity contribution in [2.45, 2.75) is 19.9 Å². The quantitative estimate of drug-likeness (QED) is 0.842. The number of amides is 1. The fourth-order valence-corrected chi connectivity index (χ4v) is 1.27. The predicted molar refractivity (Wildman–Crippen MR) is 64.4 cm³/mol. The van der Waals surface area contributed by atoms with Crippen molar-refractivity contribution < 1.29 is 13.9 Å². The molecule has 0 aliphatic carbocycles. The summed E-state index contributed by atoms with van der Waals surface area (Å²) in [6.07, 6.45) is 0. The fourth-order valence-electron chi connectivity index (χ4n) is 1.27. The summed E-state index contributed by atoms with van der Waals surface area (Å²) in [5.74, 6) is -0.648. The van der Waals surface area contributed by atoms with Gasteiger partial charge >= 0.3 is 0 Å². The van der Waals surface area contributed by atoms with Crippen molar-refractivity contribution in [3.05, 3.63) is 24.0 Å². The van der Waals surface area contributed by atoms with Gasteiger partial charge in [-0.15, -0.1) is 0 Å². The van der Waals surface area contributed by atoms with E-state index in [1.165, 1.54) is 25.3 Å². The van der Waals surface area contributed by atoms with Gasteiger partial charge in [-0.3, -0.25) is 4.79 Å². The van der Waals surface area contributed by atoms with Gasteiger partial charge in [0.2, 0.25) is 5.91 Å². The molecule has 0 aromatic heterocycles. The van der Waals surface area contributed by atoms with Crippen molar-refractivity contribution in [3.8, 4) is 5.75 Å². The molecule has 0 saturated heterocycles. The number of ether oxygens (including phenoxy) is 1. The lowest BCUT2D eigenvalue weighted by Gasteiger charge is -2.15. The van der Waals surface area contributed by atoms with Crippen LogP contribution in [0.25, 0.3) is 0 Å². The molecule has 0 saturated carbocycles. The van der Waals surface area contributed by atoms with E-state index >= 15 is 0 Å². The summed E-state index contributed by atoms with van der Waals surface area (Å²) in [4.78, 5) is 11.7. The van der Waals surface area contributed by atoms with Crippen LogP contribution >= 0.6 is 0 Å². The van der Waals surface area contributed by atoms with Gasteiger partial charge in [-0.05, 0) is 18.1 Å². The molecule has 4 nitrogen and oxygen atoms in total. The van der Waals surface area contributed by atoms with Gasteiger partial charge in [0.15, 0.2) is 11.6 Å². The number of anilines is 1. The molecule has 1 aromatic carbocycles. The van der Waals surface area contributed by atoms with E-state index in [0.29, 0.717) is 5.69 Å². The number of hydrogen-bond acceptors (Lipinski definition) is 3. The first kappa shape index (κ1) is 13.4. The second-order valence-corrected chi connectivity index (χ2v) is 4.11. The zero-order valence-electron chi connectivity index (χ0n) is 10.2. The number of nitrogens with one attached hydrogen (secondary N) is 1. The lowest BCUT2D eigenvalue weighted by Crippen LogP contribution is -2.39. The molecular weight excluding hydrogens is 223 g/mol. The van der Waals surface area contributed by atoms with Crippen LogP contribution in [-0.2, 0) is 4.79 Å². The van der Waals surface area contributed by atoms with Crippen molar-refractivity contribution in [1.29, 1.82) is 0 Å². The summed E-state index contributed by atoms with van der Waals surface area (Å²) in [5, 5.41) is 2.61. The summed E-state index contributed by atoms with van der Waals surface area (Å²) in [6, 6.07) is 3.52. The third-order valence-corrected chi connectivity index (χ3v) is 2.44. The van der Waals surface area contributed by atoms with Crippen LogP contribution in [0.5, 0.6) is 5.75 Å². The maximum atomic E-state index is 13.1. The minimum atomic E-state index is -0.592. The van der Waals surface area contributed by atoms with Crippen molar-refractivity contribution >= 4 is 11.6 Å². The van der Waals surface area contributed by atoms with Gasteiger partial charge in [0.25, 0.3) is 0 Å². The summed E-state index contributed by atoms with van der Waals surface area (Å²) < 4.78 is 17.9. The van der Waals surface area contributed by atoms with E-state index in [0.717, 1.165) is 0 Å². The van der Waals surface area contributed by atoms with Crippen LogP contribution < -0.4 is 15.8 Å². The first-order valence-electron chi connectivity index (χ1n) is 5.35. The molecule has 0 fully saturated rings. The van der Waals surface area contributed by atoms with Crippen molar-refractivity contribution in [2.75, 3.05) is 12.4 Å². The van der Waals surface area contributed by atoms with Crippen molar-refractivity contribution in [3.63, 3.8) is 0 Å². The standard InChI is InChI=1S/C12H17FN2O2/c1-7(2)11(14)12(16)15-8-4-5-9(13)10(6-8)17-3/h4-7,11H,14H2,1-3H3,(H,15,16)/t11-/m0/s1. The van der Waals surface area contributed by atoms with Crippen LogP contribution in [0.15, 0.2) is 18.2 Å². The molecule has 0 heterocycles. The molecule has 0 spiro atoms. The summed E-state index contributed by atoms with van der Waals surface area (Å²) >= 11 is 0. The molecule has 0 unspecified atom stereocenters. The second kappa shape index (κ2) is 5.63. The van der Waals surface area contributed by atoms with Gasteiger partial charge in [0, 0.05) is 11.8 Å². The Bertz CT molecular complexity index is 407. The van der Waals surface area contributed by atoms with Crippen LogP contribution in [0.3, 0.4) is 0 Å². The number of nitrogens with two attached hydrogens (primary N) is 1. The molecule has 94 valence electrons. The van der Waals surface area contributed by atoms with Crippen LogP contribution in [0.1, 0.15) is 13.8 Å². The minimum Gasteiger partial charge on any atom is -0.494 e. The Hall–Kier alpha value is -1.62. The highest BCUT2D eigenvalue weighted by Crippen LogP contribution is 2.21. The van der Waals surface area contributed by atoms with Gasteiger partial charge < -0.3 is 15.8 Å². The number of methoxy groups -OCH3 is 1. The van der Waals surface area contributed by atoms with Crippen LogP contribution in [0.4, 0.5) is 10.1 Å². The largest absolute Gasteiger partial charge is 0.494 e. The zero-order chi connectivity index (χ0) is 13.0. The van der Waals surface area contributed by atoms with Gasteiger partial charge in [-0.2, -0.15) is 0 Å². The average molecular weight is 240 g/mol. The summed E-state index contributed by atoms with van der Waals surface area (Å²) in [7, 11) is 1.36. The Kier molecular flexibility index (Phi) is 4.45. The SMILES string of the molecule is COc1cc(NC(=O)[C@@H](N)C(C)C)ccc1F. The van der Waals surface area contributed by atoms with E-state index in [-0.39, 0.29) is 17.6 Å². The summed E-state index contributed by atoms with van der Waals surface area (Å²) in [6.45, 7) is 3.71. The molecule has 1 atom stereocenters. The second-order valence-electron chi connectivity index (χ2n) is 4.11. The van der Waals surface area contributed by atoms with Crippen molar-refractivity contribution in [2.24, 2.45) is 11.7 Å². The molecule has 0 aliphatic heterocycles. The molecule has 0 bridgehead atoms. The fraction of sp³-hybridized carbons (Fsp3) is 0.417. The maximum absolute atomic E-state index is 13.1. The number of rotatable bonds is 4. The van der Waals surface area contributed by atoms with Crippen LogP contribution in [-0.4, -0.2) is 19.1 Å². The summed E-state index contributed by atoms with van der Waals surface area (Å²) in [5.41, 5.74) is 6.15. The maximum Gasteiger partial charge on any atom is 0.241 e. The smallest absolute Gasteiger partial charge is 0.241 e. The molecule has 3 N–H and O–H groups in total. The highest BCUT2D eigenvalue weighted by atomic mass is 19.1. The predicted octanol–water partition coefficient (Wildman–Crippen LogP) is 1.76. The highest BCUT2D eigenvalue weighted by molar-refractivity contribution is 5.94. The average Bonchev–Trinajstić information content (AvgIpc) is 2.30. The molecule has 5 heteroatoms. The van der Waals surface area contributed by atoms with E-state index in [1.54, 1.807) is 0 Å². The Morgan fingerprint density at radius 3 is 2.65 bits per heavy atom. The van der Waals surface area contributed by atoms with E-state index in [1.807, 2.05) is 13.8 Å². The molecular formula is C12H17FN2O2. The number of carbonyl (C=O) groups is 1. The molecule has 1 rings (SSSR count). The monoisotopic (exact) mass is 240 g/mol. The van der Waals surface area contributed by atoms with Gasteiger partial charge in [-0.25, -0.2) is 4.39 Å². The Labute approximate surface area is 100.0 Å². The van der Waals surface area contributed by atoms with Crippen LogP contribution in [0, 0.1) is 11.7 Å². The molecule has 17 heavy (non-hydrogen) atoms. The Morgan fingerprint density at radius 2 is 2.12 bits per heavy atom. The number of hydrogen-bond donors (Lipinski definition) is 2. The number of benzene rings is 1. The minimum absolute atomic E-state index is 0.0392.